The molecule has 1 N–H and O–H groups in total. The van der Waals surface area contributed by atoms with Gasteiger partial charge in [0.2, 0.25) is 15.9 Å². The zero-order valence-corrected chi connectivity index (χ0v) is 17.3. The lowest BCUT2D eigenvalue weighted by Gasteiger charge is -2.29. The summed E-state index contributed by atoms with van der Waals surface area (Å²) in [6.07, 6.45) is 2.69. The molecular weight excluding hydrogens is 384 g/mol. The molecule has 0 spiro atoms. The maximum absolute atomic E-state index is 12.6. The quantitative estimate of drug-likeness (QED) is 0.725. The summed E-state index contributed by atoms with van der Waals surface area (Å²) in [6.45, 7) is 3.50. The van der Waals surface area contributed by atoms with Crippen LogP contribution < -0.4 is 9.62 Å². The molecule has 0 radical (unpaired) electrons. The van der Waals surface area contributed by atoms with Gasteiger partial charge in [-0.1, -0.05) is 41.9 Å². The Morgan fingerprint density at radius 1 is 1.07 bits per heavy atom. The van der Waals surface area contributed by atoms with E-state index < -0.39 is 16.1 Å². The number of nitrogens with one attached hydrogen (secondary N) is 1. The number of hydrogen-bond acceptors (Lipinski definition) is 3. The molecule has 0 aliphatic carbocycles. The maximum atomic E-state index is 12.6. The van der Waals surface area contributed by atoms with E-state index in [9.17, 15) is 13.2 Å². The number of carbonyl (C=O) groups is 1. The van der Waals surface area contributed by atoms with Crippen molar-refractivity contribution < 1.29 is 13.2 Å². The van der Waals surface area contributed by atoms with Gasteiger partial charge < -0.3 is 5.32 Å². The van der Waals surface area contributed by atoms with Crippen molar-refractivity contribution in [3.8, 4) is 0 Å². The number of rotatable bonds is 8. The molecule has 0 unspecified atom stereocenters. The lowest BCUT2D eigenvalue weighted by Crippen LogP contribution is -2.49. The van der Waals surface area contributed by atoms with E-state index in [1.54, 1.807) is 31.2 Å². The summed E-state index contributed by atoms with van der Waals surface area (Å²) in [5.74, 6) is -0.337. The molecule has 146 valence electrons. The van der Waals surface area contributed by atoms with Gasteiger partial charge in [-0.2, -0.15) is 0 Å². The Balaban J connectivity index is 2.04. The monoisotopic (exact) mass is 408 g/mol. The van der Waals surface area contributed by atoms with E-state index in [0.717, 1.165) is 23.4 Å². The van der Waals surface area contributed by atoms with Crippen LogP contribution in [0.1, 0.15) is 25.8 Å². The summed E-state index contributed by atoms with van der Waals surface area (Å²) in [6, 6.07) is 15.4. The Hall–Kier alpha value is -2.05. The summed E-state index contributed by atoms with van der Waals surface area (Å²) in [7, 11) is -3.64. The van der Waals surface area contributed by atoms with Gasteiger partial charge in [-0.25, -0.2) is 8.42 Å². The molecule has 0 aliphatic heterocycles. The standard InChI is InChI=1S/C20H25ClN2O3S/c1-15(9-10-17-7-5-4-6-8-17)22-20(24)16(2)23(27(3,25)26)19-13-11-18(21)12-14-19/h4-8,11-16H,9-10H2,1-3H3,(H,22,24)/t15-,16+/m1/s1. The van der Waals surface area contributed by atoms with Crippen LogP contribution in [0.15, 0.2) is 54.6 Å². The zero-order chi connectivity index (χ0) is 20.0. The second-order valence-corrected chi connectivity index (χ2v) is 8.94. The molecule has 0 aliphatic rings. The van der Waals surface area contributed by atoms with Crippen molar-refractivity contribution in [3.05, 3.63) is 65.2 Å². The molecule has 2 atom stereocenters. The highest BCUT2D eigenvalue weighted by Crippen LogP contribution is 2.23. The largest absolute Gasteiger partial charge is 0.352 e. The number of anilines is 1. The molecule has 5 nitrogen and oxygen atoms in total. The average molecular weight is 409 g/mol. The van der Waals surface area contributed by atoms with Crippen molar-refractivity contribution in [2.45, 2.75) is 38.8 Å². The highest BCUT2D eigenvalue weighted by Gasteiger charge is 2.29. The first-order chi connectivity index (χ1) is 12.7. The first kappa shape index (κ1) is 21.3. The Labute approximate surface area is 166 Å². The van der Waals surface area contributed by atoms with Crippen molar-refractivity contribution in [1.82, 2.24) is 5.32 Å². The van der Waals surface area contributed by atoms with Crippen molar-refractivity contribution in [1.29, 1.82) is 0 Å². The van der Waals surface area contributed by atoms with Gasteiger partial charge in [-0.05, 0) is 56.5 Å². The van der Waals surface area contributed by atoms with E-state index in [-0.39, 0.29) is 11.9 Å². The van der Waals surface area contributed by atoms with Gasteiger partial charge in [-0.3, -0.25) is 9.10 Å². The summed E-state index contributed by atoms with van der Waals surface area (Å²) in [5.41, 5.74) is 1.60. The Morgan fingerprint density at radius 2 is 1.67 bits per heavy atom. The smallest absolute Gasteiger partial charge is 0.243 e. The van der Waals surface area contributed by atoms with E-state index in [0.29, 0.717) is 10.7 Å². The summed E-state index contributed by atoms with van der Waals surface area (Å²) < 4.78 is 25.7. The van der Waals surface area contributed by atoms with Crippen molar-refractivity contribution in [2.75, 3.05) is 10.6 Å². The van der Waals surface area contributed by atoms with E-state index in [1.165, 1.54) is 5.56 Å². The first-order valence-corrected chi connectivity index (χ1v) is 11.0. The fraction of sp³-hybridized carbons (Fsp3) is 0.350. The first-order valence-electron chi connectivity index (χ1n) is 8.77. The van der Waals surface area contributed by atoms with Gasteiger partial charge in [0.05, 0.1) is 11.9 Å². The fourth-order valence-electron chi connectivity index (χ4n) is 2.86. The van der Waals surface area contributed by atoms with E-state index in [1.807, 2.05) is 37.3 Å². The molecule has 0 saturated heterocycles. The molecule has 2 aromatic rings. The van der Waals surface area contributed by atoms with Crippen LogP contribution in [-0.4, -0.2) is 32.7 Å². The minimum absolute atomic E-state index is 0.0771. The lowest BCUT2D eigenvalue weighted by atomic mass is 10.1. The second kappa shape index (κ2) is 9.24. The molecule has 0 heterocycles. The lowest BCUT2D eigenvalue weighted by molar-refractivity contribution is -0.122. The van der Waals surface area contributed by atoms with Crippen LogP contribution in [-0.2, 0) is 21.2 Å². The third-order valence-electron chi connectivity index (χ3n) is 4.27. The minimum Gasteiger partial charge on any atom is -0.352 e. The minimum atomic E-state index is -3.64. The molecular formula is C20H25ClN2O3S. The number of amides is 1. The maximum Gasteiger partial charge on any atom is 0.243 e. The van der Waals surface area contributed by atoms with Gasteiger partial charge in [0.15, 0.2) is 0 Å². The molecule has 0 aromatic heterocycles. The van der Waals surface area contributed by atoms with Gasteiger partial charge in [0.1, 0.15) is 6.04 Å². The number of sulfonamides is 1. The van der Waals surface area contributed by atoms with E-state index >= 15 is 0 Å². The Bertz CT molecular complexity index is 855. The van der Waals surface area contributed by atoms with Crippen molar-refractivity contribution in [2.24, 2.45) is 0 Å². The number of halogens is 1. The second-order valence-electron chi connectivity index (χ2n) is 6.65. The Kier molecular flexibility index (Phi) is 7.27. The predicted molar refractivity (Wildman–Crippen MR) is 111 cm³/mol. The van der Waals surface area contributed by atoms with Crippen molar-refractivity contribution >= 4 is 33.2 Å². The molecule has 27 heavy (non-hydrogen) atoms. The van der Waals surface area contributed by atoms with Crippen LogP contribution in [0.3, 0.4) is 0 Å². The third kappa shape index (κ3) is 6.26. The molecule has 2 aromatic carbocycles. The average Bonchev–Trinajstić information content (AvgIpc) is 2.61. The van der Waals surface area contributed by atoms with Crippen LogP contribution in [0.4, 0.5) is 5.69 Å². The van der Waals surface area contributed by atoms with E-state index in [2.05, 4.69) is 5.32 Å². The van der Waals surface area contributed by atoms with Crippen LogP contribution in [0.25, 0.3) is 0 Å². The number of benzene rings is 2. The van der Waals surface area contributed by atoms with Gasteiger partial charge in [0.25, 0.3) is 0 Å². The topological polar surface area (TPSA) is 66.5 Å². The predicted octanol–water partition coefficient (Wildman–Crippen LogP) is 3.63. The summed E-state index contributed by atoms with van der Waals surface area (Å²) in [5, 5.41) is 3.41. The van der Waals surface area contributed by atoms with Crippen molar-refractivity contribution in [3.63, 3.8) is 0 Å². The molecule has 7 heteroatoms. The van der Waals surface area contributed by atoms with E-state index in [4.69, 9.17) is 11.6 Å². The third-order valence-corrected chi connectivity index (χ3v) is 5.76. The van der Waals surface area contributed by atoms with Gasteiger partial charge >= 0.3 is 0 Å². The molecule has 0 saturated carbocycles. The SMILES string of the molecule is C[C@H](CCc1ccccc1)NC(=O)[C@H](C)N(c1ccc(Cl)cc1)S(C)(=O)=O. The zero-order valence-electron chi connectivity index (χ0n) is 15.7. The van der Waals surface area contributed by atoms with Crippen LogP contribution in [0.2, 0.25) is 5.02 Å². The van der Waals surface area contributed by atoms with Crippen LogP contribution >= 0.6 is 11.6 Å². The Morgan fingerprint density at radius 3 is 2.22 bits per heavy atom. The number of aryl methyl sites for hydroxylation is 1. The normalized spacial score (nSPS) is 13.6. The highest BCUT2D eigenvalue weighted by molar-refractivity contribution is 7.92. The van der Waals surface area contributed by atoms with Gasteiger partial charge in [-0.15, -0.1) is 0 Å². The molecule has 0 fully saturated rings. The highest BCUT2D eigenvalue weighted by atomic mass is 35.5. The molecule has 1 amide bonds. The van der Waals surface area contributed by atoms with Gasteiger partial charge in [0, 0.05) is 11.1 Å². The number of nitrogens with zero attached hydrogens (tertiary/aromatic N) is 1. The fourth-order valence-corrected chi connectivity index (χ4v) is 4.16. The van der Waals surface area contributed by atoms with Crippen LogP contribution in [0.5, 0.6) is 0 Å². The molecule has 0 bridgehead atoms. The van der Waals surface area contributed by atoms with Crippen LogP contribution in [0, 0.1) is 0 Å². The number of hydrogen-bond donors (Lipinski definition) is 1. The molecule has 2 rings (SSSR count). The number of carbonyl (C=O) groups excluding carboxylic acids is 1. The summed E-state index contributed by atoms with van der Waals surface area (Å²) >= 11 is 5.88. The summed E-state index contributed by atoms with van der Waals surface area (Å²) in [4.78, 5) is 12.6.